The molecule has 2 aromatic carbocycles. The summed E-state index contributed by atoms with van der Waals surface area (Å²) >= 11 is 1.08. The van der Waals surface area contributed by atoms with E-state index in [2.05, 4.69) is 0 Å². The van der Waals surface area contributed by atoms with Crippen LogP contribution in [-0.4, -0.2) is 55.3 Å². The number of thioether (sulfide) groups is 1. The molecule has 9 nitrogen and oxygen atoms in total. The Morgan fingerprint density at radius 3 is 2.29 bits per heavy atom. The number of benzene rings is 2. The summed E-state index contributed by atoms with van der Waals surface area (Å²) in [5, 5.41) is 0.543. The Balaban J connectivity index is 2.27. The molecule has 0 atom stereocenters. The van der Waals surface area contributed by atoms with Gasteiger partial charge in [0, 0.05) is 6.07 Å². The van der Waals surface area contributed by atoms with E-state index in [9.17, 15) is 9.59 Å². The molecular weight excluding hydrogens is 460 g/mol. The van der Waals surface area contributed by atoms with Gasteiger partial charge in [-0.05, 0) is 39.0 Å². The Kier molecular flexibility index (Phi) is 7.61. The van der Waals surface area contributed by atoms with E-state index in [4.69, 9.17) is 28.7 Å². The molecule has 10 heteroatoms. The third-order valence-corrected chi connectivity index (χ3v) is 5.60. The number of esters is 1. The zero-order valence-electron chi connectivity index (χ0n) is 20.3. The van der Waals surface area contributed by atoms with Gasteiger partial charge < -0.3 is 23.7 Å². The minimum Gasteiger partial charge on any atom is -0.497 e. The number of nitrogens with zero attached hydrogens (tertiary/aromatic N) is 2. The van der Waals surface area contributed by atoms with Crippen molar-refractivity contribution < 1.29 is 28.5 Å². The smallest absolute Gasteiger partial charge is 0.316 e. The fraction of sp³-hybridized carbons (Fsp3) is 0.375. The van der Waals surface area contributed by atoms with Crippen LogP contribution in [0.4, 0.5) is 0 Å². The molecule has 1 heterocycles. The fourth-order valence-corrected chi connectivity index (χ4v) is 4.12. The van der Waals surface area contributed by atoms with Gasteiger partial charge in [0.2, 0.25) is 5.75 Å². The second kappa shape index (κ2) is 10.3. The Labute approximate surface area is 201 Å². The first-order chi connectivity index (χ1) is 16.1. The molecule has 0 aliphatic rings. The Hall–Kier alpha value is -3.40. The fourth-order valence-electron chi connectivity index (χ4n) is 3.34. The lowest BCUT2D eigenvalue weighted by Gasteiger charge is -2.20. The van der Waals surface area contributed by atoms with Crippen LogP contribution in [0.2, 0.25) is 0 Å². The zero-order valence-corrected chi connectivity index (χ0v) is 21.1. The minimum absolute atomic E-state index is 0.0468. The summed E-state index contributed by atoms with van der Waals surface area (Å²) in [6, 6.07) is 8.57. The molecule has 0 saturated heterocycles. The van der Waals surface area contributed by atoms with Gasteiger partial charge in [0.1, 0.15) is 16.9 Å². The van der Waals surface area contributed by atoms with Crippen molar-refractivity contribution in [3.63, 3.8) is 0 Å². The van der Waals surface area contributed by atoms with Gasteiger partial charge in [0.25, 0.3) is 5.56 Å². The van der Waals surface area contributed by atoms with Gasteiger partial charge in [0.15, 0.2) is 16.7 Å². The van der Waals surface area contributed by atoms with Crippen molar-refractivity contribution in [3.05, 3.63) is 40.7 Å². The summed E-state index contributed by atoms with van der Waals surface area (Å²) in [5.41, 5.74) is -0.187. The largest absolute Gasteiger partial charge is 0.497 e. The number of carbonyl (C=O) groups excluding carboxylic acids is 1. The number of hydrogen-bond donors (Lipinski definition) is 0. The summed E-state index contributed by atoms with van der Waals surface area (Å²) in [6.45, 7) is 5.38. The first-order valence-electron chi connectivity index (χ1n) is 10.4. The van der Waals surface area contributed by atoms with Crippen LogP contribution in [0, 0.1) is 0 Å². The van der Waals surface area contributed by atoms with Crippen molar-refractivity contribution in [1.82, 2.24) is 9.55 Å². The lowest BCUT2D eigenvalue weighted by Crippen LogP contribution is -2.26. The molecule has 0 unspecified atom stereocenters. The van der Waals surface area contributed by atoms with Gasteiger partial charge >= 0.3 is 5.97 Å². The van der Waals surface area contributed by atoms with Crippen LogP contribution in [0.15, 0.2) is 40.3 Å². The molecule has 34 heavy (non-hydrogen) atoms. The van der Waals surface area contributed by atoms with E-state index in [0.717, 1.165) is 11.8 Å². The van der Waals surface area contributed by atoms with E-state index in [-0.39, 0.29) is 33.1 Å². The van der Waals surface area contributed by atoms with Crippen LogP contribution in [0.1, 0.15) is 20.8 Å². The summed E-state index contributed by atoms with van der Waals surface area (Å²) in [6.07, 6.45) is 0. The van der Waals surface area contributed by atoms with Crippen LogP contribution < -0.4 is 24.5 Å². The lowest BCUT2D eigenvalue weighted by atomic mass is 10.2. The molecule has 0 fully saturated rings. The Morgan fingerprint density at radius 2 is 1.71 bits per heavy atom. The average molecular weight is 489 g/mol. The first kappa shape index (κ1) is 25.2. The van der Waals surface area contributed by atoms with E-state index >= 15 is 0 Å². The maximum atomic E-state index is 13.8. The first-order valence-corrected chi connectivity index (χ1v) is 11.4. The highest BCUT2D eigenvalue weighted by atomic mass is 32.2. The molecule has 3 rings (SSSR count). The number of carbonyl (C=O) groups is 1. The highest BCUT2D eigenvalue weighted by molar-refractivity contribution is 7.99. The van der Waals surface area contributed by atoms with Crippen LogP contribution in [0.3, 0.4) is 0 Å². The van der Waals surface area contributed by atoms with Crippen molar-refractivity contribution in [2.24, 2.45) is 0 Å². The maximum absolute atomic E-state index is 13.8. The van der Waals surface area contributed by atoms with Crippen LogP contribution in [0.5, 0.6) is 23.0 Å². The van der Waals surface area contributed by atoms with E-state index in [1.54, 1.807) is 58.2 Å². The lowest BCUT2D eigenvalue weighted by molar-refractivity contribution is -0.151. The minimum atomic E-state index is -0.631. The van der Waals surface area contributed by atoms with Gasteiger partial charge in [-0.3, -0.25) is 14.2 Å². The standard InChI is InChI=1S/C24H28N2O7S/c1-24(2,3)33-18(27)13-34-23-25-19-16(12-17(30-5)20(31-6)21(19)32-7)22(28)26(23)14-9-8-10-15(11-14)29-4/h8-12H,13H2,1-7H3. The quantitative estimate of drug-likeness (QED) is 0.266. The number of ether oxygens (including phenoxy) is 5. The van der Waals surface area contributed by atoms with Gasteiger partial charge in [-0.25, -0.2) is 4.98 Å². The van der Waals surface area contributed by atoms with Gasteiger partial charge in [0.05, 0.1) is 45.3 Å². The molecule has 182 valence electrons. The molecule has 0 aliphatic carbocycles. The van der Waals surface area contributed by atoms with Gasteiger partial charge in [-0.1, -0.05) is 17.8 Å². The van der Waals surface area contributed by atoms with Crippen molar-refractivity contribution in [2.45, 2.75) is 31.5 Å². The molecule has 0 bridgehead atoms. The normalized spacial score (nSPS) is 11.3. The average Bonchev–Trinajstić information content (AvgIpc) is 2.80. The highest BCUT2D eigenvalue weighted by Crippen LogP contribution is 2.42. The SMILES string of the molecule is COc1cccc(-n2c(SCC(=O)OC(C)(C)C)nc3c(OC)c(OC)c(OC)cc3c2=O)c1. The molecule has 3 aromatic rings. The Bertz CT molecular complexity index is 1260. The summed E-state index contributed by atoms with van der Waals surface area (Å²) in [7, 11) is 5.95. The molecular formula is C24H28N2O7S. The molecule has 0 radical (unpaired) electrons. The third kappa shape index (κ3) is 5.22. The second-order valence-corrected chi connectivity index (χ2v) is 9.10. The number of aromatic nitrogens is 2. The highest BCUT2D eigenvalue weighted by Gasteiger charge is 2.24. The van der Waals surface area contributed by atoms with Crippen molar-refractivity contribution in [2.75, 3.05) is 34.2 Å². The number of fused-ring (bicyclic) bond motifs is 1. The van der Waals surface area contributed by atoms with E-state index < -0.39 is 11.6 Å². The Morgan fingerprint density at radius 1 is 1.00 bits per heavy atom. The van der Waals surface area contributed by atoms with Gasteiger partial charge in [-0.2, -0.15) is 0 Å². The summed E-state index contributed by atoms with van der Waals surface area (Å²) in [4.78, 5) is 30.9. The van der Waals surface area contributed by atoms with E-state index in [0.29, 0.717) is 22.9 Å². The van der Waals surface area contributed by atoms with Crippen molar-refractivity contribution in [3.8, 4) is 28.7 Å². The van der Waals surface area contributed by atoms with E-state index in [1.807, 2.05) is 0 Å². The molecule has 0 spiro atoms. The molecule has 0 N–H and O–H groups in total. The summed E-state index contributed by atoms with van der Waals surface area (Å²) in [5.74, 6) is 0.991. The van der Waals surface area contributed by atoms with Crippen molar-refractivity contribution >= 4 is 28.6 Å². The van der Waals surface area contributed by atoms with Crippen LogP contribution >= 0.6 is 11.8 Å². The number of methoxy groups -OCH3 is 4. The zero-order chi connectivity index (χ0) is 25.0. The maximum Gasteiger partial charge on any atom is 0.316 e. The number of hydrogen-bond acceptors (Lipinski definition) is 9. The number of rotatable bonds is 8. The van der Waals surface area contributed by atoms with Crippen molar-refractivity contribution in [1.29, 1.82) is 0 Å². The van der Waals surface area contributed by atoms with E-state index in [1.165, 1.54) is 25.9 Å². The predicted molar refractivity (Wildman–Crippen MR) is 130 cm³/mol. The molecule has 1 aromatic heterocycles. The monoisotopic (exact) mass is 488 g/mol. The topological polar surface area (TPSA) is 98.1 Å². The predicted octanol–water partition coefficient (Wildman–Crippen LogP) is 3.85. The third-order valence-electron chi connectivity index (χ3n) is 4.69. The van der Waals surface area contributed by atoms with Crippen LogP contribution in [-0.2, 0) is 9.53 Å². The molecule has 0 saturated carbocycles. The van der Waals surface area contributed by atoms with Crippen LogP contribution in [0.25, 0.3) is 16.6 Å². The molecule has 0 aliphatic heterocycles. The summed E-state index contributed by atoms with van der Waals surface area (Å²) < 4.78 is 28.6. The van der Waals surface area contributed by atoms with Gasteiger partial charge in [-0.15, -0.1) is 0 Å². The second-order valence-electron chi connectivity index (χ2n) is 8.15. The molecule has 0 amide bonds.